The molecule has 0 aliphatic carbocycles. The van der Waals surface area contributed by atoms with Gasteiger partial charge in [-0.3, -0.25) is 4.98 Å². The summed E-state index contributed by atoms with van der Waals surface area (Å²) in [6, 6.07) is 0. The Bertz CT molecular complexity index is 218. The Morgan fingerprint density at radius 3 is 2.92 bits per heavy atom. The van der Waals surface area contributed by atoms with Crippen LogP contribution in [0.3, 0.4) is 0 Å². The van der Waals surface area contributed by atoms with Gasteiger partial charge in [0.25, 0.3) is 0 Å². The van der Waals surface area contributed by atoms with Crippen LogP contribution in [-0.2, 0) is 0 Å². The molecule has 0 fully saturated rings. The molecule has 0 spiro atoms. The van der Waals surface area contributed by atoms with Crippen molar-refractivity contribution in [2.45, 2.75) is 18.9 Å². The van der Waals surface area contributed by atoms with Gasteiger partial charge in [0.2, 0.25) is 0 Å². The van der Waals surface area contributed by atoms with Crippen LogP contribution < -0.4 is 5.32 Å². The van der Waals surface area contributed by atoms with E-state index in [4.69, 9.17) is 0 Å². The molecule has 0 aliphatic rings. The normalized spacial score (nSPS) is 9.83. The Balaban J connectivity index is 2.67. The first-order valence-corrected chi connectivity index (χ1v) is 5.04. The van der Waals surface area contributed by atoms with Crippen LogP contribution in [0.2, 0.25) is 0 Å². The molecular formula is C8H13N3S. The summed E-state index contributed by atoms with van der Waals surface area (Å²) in [7, 11) is 0. The van der Waals surface area contributed by atoms with Crippen LogP contribution in [0.5, 0.6) is 0 Å². The summed E-state index contributed by atoms with van der Waals surface area (Å²) >= 11 is 1.70. The van der Waals surface area contributed by atoms with Crippen molar-refractivity contribution < 1.29 is 0 Å². The van der Waals surface area contributed by atoms with Crippen molar-refractivity contribution in [1.29, 1.82) is 0 Å². The van der Waals surface area contributed by atoms with Crippen molar-refractivity contribution in [3.63, 3.8) is 0 Å². The molecule has 0 unspecified atom stereocenters. The molecule has 4 heteroatoms. The number of nitrogens with one attached hydrogen (secondary N) is 1. The Morgan fingerprint density at radius 1 is 1.42 bits per heavy atom. The van der Waals surface area contributed by atoms with Gasteiger partial charge in [0.05, 0.1) is 12.4 Å². The predicted molar refractivity (Wildman–Crippen MR) is 52.6 cm³/mol. The molecule has 66 valence electrons. The first-order chi connectivity index (χ1) is 5.86. The van der Waals surface area contributed by atoms with E-state index in [0.717, 1.165) is 23.1 Å². The van der Waals surface area contributed by atoms with Gasteiger partial charge >= 0.3 is 0 Å². The molecule has 12 heavy (non-hydrogen) atoms. The van der Waals surface area contributed by atoms with Gasteiger partial charge in [-0.15, -0.1) is 11.8 Å². The fourth-order valence-electron chi connectivity index (χ4n) is 0.832. The third-order valence-electron chi connectivity index (χ3n) is 1.26. The Hall–Kier alpha value is -0.770. The van der Waals surface area contributed by atoms with E-state index in [1.54, 1.807) is 24.2 Å². The monoisotopic (exact) mass is 183 g/mol. The van der Waals surface area contributed by atoms with Crippen LogP contribution in [-0.4, -0.2) is 22.3 Å². The van der Waals surface area contributed by atoms with E-state index in [1.165, 1.54) is 0 Å². The van der Waals surface area contributed by atoms with E-state index in [1.807, 2.05) is 6.92 Å². The highest BCUT2D eigenvalue weighted by atomic mass is 32.2. The molecule has 1 heterocycles. The maximum Gasteiger partial charge on any atom is 0.145 e. The van der Waals surface area contributed by atoms with Crippen LogP contribution in [0.25, 0.3) is 0 Å². The fraction of sp³-hybridized carbons (Fsp3) is 0.500. The highest BCUT2D eigenvalue weighted by molar-refractivity contribution is 7.99. The first kappa shape index (κ1) is 9.32. The number of rotatable bonds is 4. The molecule has 1 aromatic rings. The molecule has 0 atom stereocenters. The summed E-state index contributed by atoms with van der Waals surface area (Å²) < 4.78 is 0. The zero-order chi connectivity index (χ0) is 8.81. The Labute approximate surface area is 77.0 Å². The molecule has 3 nitrogen and oxygen atoms in total. The summed E-state index contributed by atoms with van der Waals surface area (Å²) in [5, 5.41) is 4.10. The summed E-state index contributed by atoms with van der Waals surface area (Å²) in [6.07, 6.45) is 3.53. The highest BCUT2D eigenvalue weighted by Gasteiger charge is 1.95. The largest absolute Gasteiger partial charge is 0.369 e. The maximum absolute atomic E-state index is 4.34. The minimum absolute atomic E-state index is 0.857. The van der Waals surface area contributed by atoms with Crippen molar-refractivity contribution >= 4 is 17.6 Å². The average Bonchev–Trinajstić information content (AvgIpc) is 2.06. The van der Waals surface area contributed by atoms with Crippen LogP contribution in [0.1, 0.15) is 13.8 Å². The second-order valence-corrected chi connectivity index (χ2v) is 3.49. The fourth-order valence-corrected chi connectivity index (χ4v) is 1.43. The van der Waals surface area contributed by atoms with Crippen LogP contribution in [0.15, 0.2) is 17.4 Å². The summed E-state index contributed by atoms with van der Waals surface area (Å²) in [6.45, 7) is 5.03. The van der Waals surface area contributed by atoms with E-state index in [0.29, 0.717) is 0 Å². The third kappa shape index (κ3) is 2.70. The average molecular weight is 183 g/mol. The predicted octanol–water partition coefficient (Wildman–Crippen LogP) is 2.02. The van der Waals surface area contributed by atoms with Gasteiger partial charge < -0.3 is 5.32 Å². The number of hydrogen-bond donors (Lipinski definition) is 1. The van der Waals surface area contributed by atoms with Gasteiger partial charge in [0, 0.05) is 6.54 Å². The lowest BCUT2D eigenvalue weighted by Gasteiger charge is -2.02. The Kier molecular flexibility index (Phi) is 3.87. The zero-order valence-electron chi connectivity index (χ0n) is 7.37. The number of hydrogen-bond acceptors (Lipinski definition) is 4. The smallest absolute Gasteiger partial charge is 0.145 e. The van der Waals surface area contributed by atoms with Gasteiger partial charge in [-0.25, -0.2) is 4.98 Å². The van der Waals surface area contributed by atoms with Crippen molar-refractivity contribution in [3.05, 3.63) is 12.4 Å². The standard InChI is InChI=1S/C8H13N3S/c1-3-10-7-5-9-6-8(11-7)12-4-2/h5-6H,3-4H2,1-2H3,(H,10,11). The zero-order valence-corrected chi connectivity index (χ0v) is 8.19. The molecule has 0 saturated heterocycles. The summed E-state index contributed by atoms with van der Waals surface area (Å²) in [5.41, 5.74) is 0. The molecule has 0 bridgehead atoms. The van der Waals surface area contributed by atoms with Crippen LogP contribution in [0.4, 0.5) is 5.82 Å². The van der Waals surface area contributed by atoms with E-state index >= 15 is 0 Å². The van der Waals surface area contributed by atoms with Crippen molar-refractivity contribution in [3.8, 4) is 0 Å². The second kappa shape index (κ2) is 4.98. The number of thioether (sulfide) groups is 1. The van der Waals surface area contributed by atoms with Gasteiger partial charge in [-0.05, 0) is 12.7 Å². The van der Waals surface area contributed by atoms with Crippen LogP contribution in [0, 0.1) is 0 Å². The number of anilines is 1. The van der Waals surface area contributed by atoms with E-state index in [9.17, 15) is 0 Å². The minimum Gasteiger partial charge on any atom is -0.369 e. The van der Waals surface area contributed by atoms with E-state index in [-0.39, 0.29) is 0 Å². The molecule has 0 amide bonds. The molecule has 0 radical (unpaired) electrons. The van der Waals surface area contributed by atoms with Gasteiger partial charge in [0.1, 0.15) is 10.8 Å². The lowest BCUT2D eigenvalue weighted by atomic mass is 10.6. The lowest BCUT2D eigenvalue weighted by molar-refractivity contribution is 1.03. The SMILES string of the molecule is CCNc1cncc(SCC)n1. The van der Waals surface area contributed by atoms with Crippen molar-refractivity contribution in [1.82, 2.24) is 9.97 Å². The lowest BCUT2D eigenvalue weighted by Crippen LogP contribution is -2.00. The van der Waals surface area contributed by atoms with Crippen molar-refractivity contribution in [2.24, 2.45) is 0 Å². The molecule has 1 N–H and O–H groups in total. The maximum atomic E-state index is 4.34. The first-order valence-electron chi connectivity index (χ1n) is 4.05. The second-order valence-electron chi connectivity index (χ2n) is 2.21. The number of aromatic nitrogens is 2. The third-order valence-corrected chi connectivity index (χ3v) is 2.04. The molecule has 1 aromatic heterocycles. The number of nitrogens with zero attached hydrogens (tertiary/aromatic N) is 2. The quantitative estimate of drug-likeness (QED) is 0.725. The summed E-state index contributed by atoms with van der Waals surface area (Å²) in [4.78, 5) is 8.42. The molecule has 1 rings (SSSR count). The van der Waals surface area contributed by atoms with Gasteiger partial charge in [0.15, 0.2) is 0 Å². The van der Waals surface area contributed by atoms with Crippen molar-refractivity contribution in [2.75, 3.05) is 17.6 Å². The highest BCUT2D eigenvalue weighted by Crippen LogP contribution is 2.14. The van der Waals surface area contributed by atoms with E-state index in [2.05, 4.69) is 22.2 Å². The van der Waals surface area contributed by atoms with Crippen LogP contribution >= 0.6 is 11.8 Å². The molecular weight excluding hydrogens is 170 g/mol. The topological polar surface area (TPSA) is 37.8 Å². The van der Waals surface area contributed by atoms with Gasteiger partial charge in [-0.1, -0.05) is 6.92 Å². The minimum atomic E-state index is 0.857. The Morgan fingerprint density at radius 2 is 2.25 bits per heavy atom. The molecule has 0 aliphatic heterocycles. The molecule has 0 aromatic carbocycles. The summed E-state index contributed by atoms with van der Waals surface area (Å²) in [5.74, 6) is 1.89. The van der Waals surface area contributed by atoms with E-state index < -0.39 is 0 Å². The van der Waals surface area contributed by atoms with Gasteiger partial charge in [-0.2, -0.15) is 0 Å². The molecule has 0 saturated carbocycles.